The SMILES string of the molecule is CCCCc1ccccc1CCl. The molecule has 0 N–H and O–H groups in total. The van der Waals surface area contributed by atoms with E-state index in [9.17, 15) is 0 Å². The molecular formula is C11H15Cl. The molecule has 0 fully saturated rings. The Hall–Kier alpha value is -0.490. The average Bonchev–Trinajstić information content (AvgIpc) is 2.15. The van der Waals surface area contributed by atoms with Gasteiger partial charge < -0.3 is 0 Å². The zero-order valence-electron chi connectivity index (χ0n) is 7.52. The van der Waals surface area contributed by atoms with Crippen LogP contribution in [0.2, 0.25) is 0 Å². The van der Waals surface area contributed by atoms with E-state index in [1.807, 2.05) is 6.07 Å². The standard InChI is InChI=1S/C11H15Cl/c1-2-3-6-10-7-4-5-8-11(10)9-12/h4-5,7-8H,2-3,6,9H2,1H3. The van der Waals surface area contributed by atoms with E-state index < -0.39 is 0 Å². The molecule has 0 amide bonds. The van der Waals surface area contributed by atoms with Gasteiger partial charge in [0.15, 0.2) is 0 Å². The number of alkyl halides is 1. The summed E-state index contributed by atoms with van der Waals surface area (Å²) >= 11 is 5.81. The van der Waals surface area contributed by atoms with Crippen molar-refractivity contribution in [2.24, 2.45) is 0 Å². The number of unbranched alkanes of at least 4 members (excludes halogenated alkanes) is 1. The summed E-state index contributed by atoms with van der Waals surface area (Å²) in [4.78, 5) is 0. The van der Waals surface area contributed by atoms with Crippen molar-refractivity contribution in [2.45, 2.75) is 32.1 Å². The molecule has 12 heavy (non-hydrogen) atoms. The highest BCUT2D eigenvalue weighted by molar-refractivity contribution is 6.17. The van der Waals surface area contributed by atoms with Gasteiger partial charge in [-0.2, -0.15) is 0 Å². The van der Waals surface area contributed by atoms with E-state index in [1.165, 1.54) is 30.4 Å². The predicted molar refractivity (Wildman–Crippen MR) is 54.6 cm³/mol. The molecule has 0 aliphatic carbocycles. The molecule has 0 spiro atoms. The maximum absolute atomic E-state index is 5.81. The normalized spacial score (nSPS) is 10.2. The van der Waals surface area contributed by atoms with Crippen molar-refractivity contribution in [3.63, 3.8) is 0 Å². The van der Waals surface area contributed by atoms with E-state index >= 15 is 0 Å². The molecule has 1 rings (SSSR count). The minimum atomic E-state index is 0.639. The summed E-state index contributed by atoms with van der Waals surface area (Å²) in [6, 6.07) is 8.42. The first kappa shape index (κ1) is 9.60. The quantitative estimate of drug-likeness (QED) is 0.622. The molecular weight excluding hydrogens is 168 g/mol. The van der Waals surface area contributed by atoms with Crippen LogP contribution in [0.15, 0.2) is 24.3 Å². The van der Waals surface area contributed by atoms with Gasteiger partial charge in [0.05, 0.1) is 0 Å². The molecule has 0 nitrogen and oxygen atoms in total. The van der Waals surface area contributed by atoms with Gasteiger partial charge in [-0.15, -0.1) is 11.6 Å². The van der Waals surface area contributed by atoms with Crippen LogP contribution in [-0.2, 0) is 12.3 Å². The van der Waals surface area contributed by atoms with E-state index in [0.29, 0.717) is 5.88 Å². The largest absolute Gasteiger partial charge is 0.122 e. The molecule has 0 unspecified atom stereocenters. The van der Waals surface area contributed by atoms with E-state index in [4.69, 9.17) is 11.6 Å². The maximum atomic E-state index is 5.81. The third-order valence-electron chi connectivity index (χ3n) is 2.06. The van der Waals surface area contributed by atoms with Crippen molar-refractivity contribution in [3.8, 4) is 0 Å². The fraction of sp³-hybridized carbons (Fsp3) is 0.455. The van der Waals surface area contributed by atoms with Gasteiger partial charge >= 0.3 is 0 Å². The second-order valence-corrected chi connectivity index (χ2v) is 3.27. The highest BCUT2D eigenvalue weighted by Gasteiger charge is 1.98. The molecule has 0 atom stereocenters. The summed E-state index contributed by atoms with van der Waals surface area (Å²) in [5, 5.41) is 0. The number of benzene rings is 1. The van der Waals surface area contributed by atoms with Gasteiger partial charge in [-0.05, 0) is 24.0 Å². The molecule has 66 valence electrons. The Bertz CT molecular complexity index is 230. The van der Waals surface area contributed by atoms with Crippen LogP contribution in [0.1, 0.15) is 30.9 Å². The van der Waals surface area contributed by atoms with Crippen LogP contribution in [0.3, 0.4) is 0 Å². The fourth-order valence-electron chi connectivity index (χ4n) is 1.30. The summed E-state index contributed by atoms with van der Waals surface area (Å²) in [6.45, 7) is 2.21. The van der Waals surface area contributed by atoms with Crippen molar-refractivity contribution in [3.05, 3.63) is 35.4 Å². The minimum Gasteiger partial charge on any atom is -0.122 e. The van der Waals surface area contributed by atoms with Gasteiger partial charge in [-0.1, -0.05) is 37.6 Å². The topological polar surface area (TPSA) is 0 Å². The summed E-state index contributed by atoms with van der Waals surface area (Å²) in [6.07, 6.45) is 3.67. The first-order valence-corrected chi connectivity index (χ1v) is 5.04. The van der Waals surface area contributed by atoms with Crippen molar-refractivity contribution >= 4 is 11.6 Å². The van der Waals surface area contributed by atoms with E-state index in [0.717, 1.165) is 0 Å². The van der Waals surface area contributed by atoms with E-state index in [2.05, 4.69) is 25.1 Å². The lowest BCUT2D eigenvalue weighted by atomic mass is 10.0. The number of halogens is 1. The van der Waals surface area contributed by atoms with Crippen LogP contribution in [0, 0.1) is 0 Å². The van der Waals surface area contributed by atoms with Gasteiger partial charge in [0.25, 0.3) is 0 Å². The molecule has 1 heteroatoms. The fourth-order valence-corrected chi connectivity index (χ4v) is 1.56. The van der Waals surface area contributed by atoms with Crippen LogP contribution >= 0.6 is 11.6 Å². The van der Waals surface area contributed by atoms with Crippen LogP contribution in [0.4, 0.5) is 0 Å². The second kappa shape index (κ2) is 5.21. The highest BCUT2D eigenvalue weighted by atomic mass is 35.5. The molecule has 0 bridgehead atoms. The van der Waals surface area contributed by atoms with Crippen molar-refractivity contribution in [1.82, 2.24) is 0 Å². The second-order valence-electron chi connectivity index (χ2n) is 3.01. The van der Waals surface area contributed by atoms with Gasteiger partial charge in [-0.3, -0.25) is 0 Å². The van der Waals surface area contributed by atoms with Crippen LogP contribution in [0.5, 0.6) is 0 Å². The lowest BCUT2D eigenvalue weighted by Crippen LogP contribution is -1.90. The van der Waals surface area contributed by atoms with E-state index in [-0.39, 0.29) is 0 Å². The third kappa shape index (κ3) is 2.53. The van der Waals surface area contributed by atoms with Gasteiger partial charge in [0.2, 0.25) is 0 Å². The molecule has 0 aromatic heterocycles. The lowest BCUT2D eigenvalue weighted by molar-refractivity contribution is 0.790. The summed E-state index contributed by atoms with van der Waals surface area (Å²) in [7, 11) is 0. The van der Waals surface area contributed by atoms with Crippen molar-refractivity contribution < 1.29 is 0 Å². The predicted octanol–water partition coefficient (Wildman–Crippen LogP) is 3.77. The van der Waals surface area contributed by atoms with Crippen LogP contribution < -0.4 is 0 Å². The Morgan fingerprint density at radius 3 is 2.42 bits per heavy atom. The first-order valence-electron chi connectivity index (χ1n) is 4.51. The Labute approximate surface area is 79.6 Å². The molecule has 0 radical (unpaired) electrons. The molecule has 0 aliphatic rings. The monoisotopic (exact) mass is 182 g/mol. The first-order chi connectivity index (χ1) is 5.88. The number of aryl methyl sites for hydroxylation is 1. The number of hydrogen-bond acceptors (Lipinski definition) is 0. The average molecular weight is 183 g/mol. The van der Waals surface area contributed by atoms with Gasteiger partial charge in [-0.25, -0.2) is 0 Å². The molecule has 0 heterocycles. The smallest absolute Gasteiger partial charge is 0.0476 e. The Morgan fingerprint density at radius 1 is 1.17 bits per heavy atom. The number of rotatable bonds is 4. The van der Waals surface area contributed by atoms with Gasteiger partial charge in [0.1, 0.15) is 0 Å². The number of hydrogen-bond donors (Lipinski definition) is 0. The van der Waals surface area contributed by atoms with Gasteiger partial charge in [0, 0.05) is 5.88 Å². The summed E-state index contributed by atoms with van der Waals surface area (Å²) in [5.41, 5.74) is 2.70. The Morgan fingerprint density at radius 2 is 1.83 bits per heavy atom. The molecule has 0 aliphatic heterocycles. The summed E-state index contributed by atoms with van der Waals surface area (Å²) in [5.74, 6) is 0.639. The highest BCUT2D eigenvalue weighted by Crippen LogP contribution is 2.13. The zero-order chi connectivity index (χ0) is 8.81. The lowest BCUT2D eigenvalue weighted by Gasteiger charge is -2.04. The summed E-state index contributed by atoms with van der Waals surface area (Å²) < 4.78 is 0. The zero-order valence-corrected chi connectivity index (χ0v) is 8.27. The van der Waals surface area contributed by atoms with E-state index in [1.54, 1.807) is 0 Å². The van der Waals surface area contributed by atoms with Crippen LogP contribution in [0.25, 0.3) is 0 Å². The molecule has 1 aromatic carbocycles. The molecule has 0 saturated heterocycles. The van der Waals surface area contributed by atoms with Crippen molar-refractivity contribution in [1.29, 1.82) is 0 Å². The third-order valence-corrected chi connectivity index (χ3v) is 2.35. The molecule has 0 saturated carbocycles. The molecule has 1 aromatic rings. The maximum Gasteiger partial charge on any atom is 0.0476 e. The Balaban J connectivity index is 2.68. The van der Waals surface area contributed by atoms with Crippen LogP contribution in [-0.4, -0.2) is 0 Å². The Kier molecular flexibility index (Phi) is 4.16. The minimum absolute atomic E-state index is 0.639. The van der Waals surface area contributed by atoms with Crippen molar-refractivity contribution in [2.75, 3.05) is 0 Å².